The van der Waals surface area contributed by atoms with Crippen LogP contribution in [0.2, 0.25) is 0 Å². The number of rotatable bonds is 1. The van der Waals surface area contributed by atoms with E-state index in [9.17, 15) is 4.79 Å². The zero-order chi connectivity index (χ0) is 5.28. The lowest BCUT2D eigenvalue weighted by atomic mass is 10.1. The van der Waals surface area contributed by atoms with Gasteiger partial charge in [0, 0.05) is 16.9 Å². The van der Waals surface area contributed by atoms with Crippen LogP contribution in [-0.2, 0) is 4.79 Å². The van der Waals surface area contributed by atoms with Crippen molar-refractivity contribution in [3.8, 4) is 0 Å². The third kappa shape index (κ3) is 1.05. The molecule has 40 valence electrons. The monoisotopic (exact) mass is 211 g/mol. The molecule has 7 heavy (non-hydrogen) atoms. The van der Waals surface area contributed by atoms with Crippen LogP contribution in [0.5, 0.6) is 0 Å². The number of carbonyl (C=O) groups is 1. The third-order valence-electron chi connectivity index (χ3n) is 0.983. The molecule has 1 aliphatic rings. The van der Waals surface area contributed by atoms with Crippen LogP contribution in [0.3, 0.4) is 0 Å². The SMILES string of the molecule is O=C1C[C@@H](CI)N1. The second-order valence-electron chi connectivity index (χ2n) is 1.62. The molecule has 1 heterocycles. The van der Waals surface area contributed by atoms with Gasteiger partial charge < -0.3 is 5.32 Å². The first kappa shape index (κ1) is 5.34. The number of carbonyl (C=O) groups excluding carboxylic acids is 1. The van der Waals surface area contributed by atoms with Gasteiger partial charge in [-0.2, -0.15) is 0 Å². The van der Waals surface area contributed by atoms with E-state index in [2.05, 4.69) is 27.9 Å². The minimum atomic E-state index is 0.196. The molecule has 3 heteroatoms. The maximum atomic E-state index is 10.2. The molecule has 0 spiro atoms. The predicted octanol–water partition coefficient (Wildman–Crippen LogP) is 0.310. The molecule has 0 radical (unpaired) electrons. The van der Waals surface area contributed by atoms with Crippen molar-refractivity contribution in [3.63, 3.8) is 0 Å². The summed E-state index contributed by atoms with van der Waals surface area (Å²) in [6, 6.07) is 0.480. The Hall–Kier alpha value is 0.200. The van der Waals surface area contributed by atoms with Crippen LogP contribution >= 0.6 is 22.6 Å². The van der Waals surface area contributed by atoms with Crippen LogP contribution in [0.4, 0.5) is 0 Å². The molecule has 0 aromatic rings. The smallest absolute Gasteiger partial charge is 0.222 e. The fourth-order valence-electron chi connectivity index (χ4n) is 0.523. The molecule has 2 nitrogen and oxygen atoms in total. The Morgan fingerprint density at radius 2 is 2.57 bits per heavy atom. The summed E-state index contributed by atoms with van der Waals surface area (Å²) in [5.41, 5.74) is 0. The molecule has 0 aliphatic carbocycles. The molecule has 1 aliphatic heterocycles. The van der Waals surface area contributed by atoms with Crippen molar-refractivity contribution in [2.45, 2.75) is 12.5 Å². The number of nitrogens with one attached hydrogen (secondary N) is 1. The molecule has 0 unspecified atom stereocenters. The molecular formula is C4H6INO. The number of alkyl halides is 1. The molecular weight excluding hydrogens is 205 g/mol. The summed E-state index contributed by atoms with van der Waals surface area (Å²) in [6.45, 7) is 0. The largest absolute Gasteiger partial charge is 0.352 e. The van der Waals surface area contributed by atoms with Crippen molar-refractivity contribution in [2.24, 2.45) is 0 Å². The lowest BCUT2D eigenvalue weighted by Gasteiger charge is -2.24. The minimum Gasteiger partial charge on any atom is -0.352 e. The van der Waals surface area contributed by atoms with Gasteiger partial charge in [-0.15, -0.1) is 0 Å². The molecule has 1 rings (SSSR count). The second kappa shape index (κ2) is 1.98. The van der Waals surface area contributed by atoms with Crippen molar-refractivity contribution < 1.29 is 4.79 Å². The first-order valence-corrected chi connectivity index (χ1v) is 3.71. The van der Waals surface area contributed by atoms with Gasteiger partial charge in [-0.3, -0.25) is 4.79 Å². The van der Waals surface area contributed by atoms with Crippen LogP contribution in [0, 0.1) is 0 Å². The molecule has 0 aromatic heterocycles. The third-order valence-corrected chi connectivity index (χ3v) is 2.05. The first-order chi connectivity index (χ1) is 3.33. The van der Waals surface area contributed by atoms with Gasteiger partial charge in [-0.1, -0.05) is 22.6 Å². The van der Waals surface area contributed by atoms with Crippen LogP contribution < -0.4 is 5.32 Å². The van der Waals surface area contributed by atoms with Gasteiger partial charge in [0.25, 0.3) is 0 Å². The van der Waals surface area contributed by atoms with E-state index in [0.29, 0.717) is 6.04 Å². The Bertz CT molecular complexity index is 85.7. The van der Waals surface area contributed by atoms with Crippen LogP contribution in [-0.4, -0.2) is 16.4 Å². The Morgan fingerprint density at radius 3 is 2.71 bits per heavy atom. The summed E-state index contributed by atoms with van der Waals surface area (Å²) in [4.78, 5) is 10.2. The average Bonchev–Trinajstić information content (AvgIpc) is 1.58. The number of hydrogen-bond donors (Lipinski definition) is 1. The maximum absolute atomic E-state index is 10.2. The van der Waals surface area contributed by atoms with Crippen LogP contribution in [0.25, 0.3) is 0 Å². The van der Waals surface area contributed by atoms with Crippen molar-refractivity contribution in [3.05, 3.63) is 0 Å². The van der Waals surface area contributed by atoms with Gasteiger partial charge in [0.2, 0.25) is 5.91 Å². The topological polar surface area (TPSA) is 29.1 Å². The van der Waals surface area contributed by atoms with Crippen molar-refractivity contribution in [1.29, 1.82) is 0 Å². The van der Waals surface area contributed by atoms with E-state index >= 15 is 0 Å². The highest BCUT2D eigenvalue weighted by Crippen LogP contribution is 2.05. The Balaban J connectivity index is 2.17. The number of hydrogen-bond acceptors (Lipinski definition) is 1. The van der Waals surface area contributed by atoms with Gasteiger partial charge in [0.15, 0.2) is 0 Å². The maximum Gasteiger partial charge on any atom is 0.222 e. The molecule has 1 saturated heterocycles. The fourth-order valence-corrected chi connectivity index (χ4v) is 1.06. The fraction of sp³-hybridized carbons (Fsp3) is 0.750. The van der Waals surface area contributed by atoms with Gasteiger partial charge in [-0.05, 0) is 0 Å². The standard InChI is InChI=1S/C4H6INO/c5-2-3-1-4(7)6-3/h3H,1-2H2,(H,6,7)/t3-/m0/s1. The highest BCUT2D eigenvalue weighted by molar-refractivity contribution is 14.1. The summed E-state index contributed by atoms with van der Waals surface area (Å²) in [5, 5.41) is 2.75. The second-order valence-corrected chi connectivity index (χ2v) is 2.50. The summed E-state index contributed by atoms with van der Waals surface area (Å²) in [6.07, 6.45) is 0.739. The van der Waals surface area contributed by atoms with E-state index < -0.39 is 0 Å². The molecule has 1 atom stereocenters. The molecule has 1 fully saturated rings. The normalized spacial score (nSPS) is 28.7. The van der Waals surface area contributed by atoms with E-state index in [-0.39, 0.29) is 5.91 Å². The zero-order valence-corrected chi connectivity index (χ0v) is 5.94. The van der Waals surface area contributed by atoms with E-state index in [1.807, 2.05) is 0 Å². The summed E-state index contributed by atoms with van der Waals surface area (Å²) in [5.74, 6) is 0.196. The van der Waals surface area contributed by atoms with Crippen molar-refractivity contribution in [2.75, 3.05) is 4.43 Å². The molecule has 0 bridgehead atoms. The van der Waals surface area contributed by atoms with Gasteiger partial charge in [-0.25, -0.2) is 0 Å². The first-order valence-electron chi connectivity index (χ1n) is 2.18. The van der Waals surface area contributed by atoms with Crippen LogP contribution in [0.15, 0.2) is 0 Å². The molecule has 0 saturated carbocycles. The van der Waals surface area contributed by atoms with E-state index in [1.54, 1.807) is 0 Å². The Kier molecular flexibility index (Phi) is 1.51. The quantitative estimate of drug-likeness (QED) is 0.377. The predicted molar refractivity (Wildman–Crippen MR) is 35.4 cm³/mol. The van der Waals surface area contributed by atoms with E-state index in [4.69, 9.17) is 0 Å². The minimum absolute atomic E-state index is 0.196. The van der Waals surface area contributed by atoms with Gasteiger partial charge in [0.05, 0.1) is 0 Å². The lowest BCUT2D eigenvalue weighted by molar-refractivity contribution is -0.127. The summed E-state index contributed by atoms with van der Waals surface area (Å²) < 4.78 is 1.05. The molecule has 0 aromatic carbocycles. The number of halogens is 1. The van der Waals surface area contributed by atoms with Crippen molar-refractivity contribution in [1.82, 2.24) is 5.32 Å². The van der Waals surface area contributed by atoms with E-state index in [1.165, 1.54) is 0 Å². The molecule has 1 N–H and O–H groups in total. The lowest BCUT2D eigenvalue weighted by Crippen LogP contribution is -2.49. The van der Waals surface area contributed by atoms with Crippen LogP contribution in [0.1, 0.15) is 6.42 Å². The average molecular weight is 211 g/mol. The van der Waals surface area contributed by atoms with E-state index in [0.717, 1.165) is 10.8 Å². The van der Waals surface area contributed by atoms with Crippen molar-refractivity contribution >= 4 is 28.5 Å². The van der Waals surface area contributed by atoms with Gasteiger partial charge >= 0.3 is 0 Å². The zero-order valence-electron chi connectivity index (χ0n) is 3.78. The number of β-lactam (4-membered cyclic amide) rings is 1. The number of amides is 1. The summed E-state index contributed by atoms with van der Waals surface area (Å²) in [7, 11) is 0. The van der Waals surface area contributed by atoms with Gasteiger partial charge in [0.1, 0.15) is 0 Å². The summed E-state index contributed by atoms with van der Waals surface area (Å²) >= 11 is 2.26. The Morgan fingerprint density at radius 1 is 2.00 bits per heavy atom. The highest BCUT2D eigenvalue weighted by atomic mass is 127. The Labute approximate surface area is 55.8 Å². The molecule has 1 amide bonds. The highest BCUT2D eigenvalue weighted by Gasteiger charge is 2.22.